The quantitative estimate of drug-likeness (QED) is 0.578. The van der Waals surface area contributed by atoms with E-state index in [4.69, 9.17) is 11.6 Å². The van der Waals surface area contributed by atoms with Gasteiger partial charge in [-0.1, -0.05) is 41.1 Å². The Morgan fingerprint density at radius 1 is 1.22 bits per heavy atom. The Bertz CT molecular complexity index is 841. The van der Waals surface area contributed by atoms with Gasteiger partial charge in [0.2, 0.25) is 5.91 Å². The van der Waals surface area contributed by atoms with Crippen LogP contribution in [0.5, 0.6) is 0 Å². The number of halogens is 1. The third-order valence-electron chi connectivity index (χ3n) is 3.24. The van der Waals surface area contributed by atoms with Crippen LogP contribution in [0.3, 0.4) is 0 Å². The Hall–Kier alpha value is -2.73. The molecule has 0 aliphatic heterocycles. The first-order valence-corrected chi connectivity index (χ1v) is 7.46. The van der Waals surface area contributed by atoms with E-state index in [1.54, 1.807) is 23.0 Å². The van der Waals surface area contributed by atoms with Gasteiger partial charge in [0.25, 0.3) is 0 Å². The zero-order valence-electron chi connectivity index (χ0n) is 12.2. The van der Waals surface area contributed by atoms with Crippen LogP contribution in [-0.2, 0) is 11.3 Å². The molecule has 0 aliphatic carbocycles. The molecular weight excluding hydrogens is 314 g/mol. The second-order valence-corrected chi connectivity index (χ2v) is 5.33. The number of aromatic nitrogens is 3. The van der Waals surface area contributed by atoms with Crippen LogP contribution in [0.25, 0.3) is 11.0 Å². The van der Waals surface area contributed by atoms with Crippen molar-refractivity contribution in [1.82, 2.24) is 20.4 Å². The first-order chi connectivity index (χ1) is 11.2. The van der Waals surface area contributed by atoms with Gasteiger partial charge >= 0.3 is 0 Å². The van der Waals surface area contributed by atoms with Gasteiger partial charge in [-0.2, -0.15) is 5.10 Å². The number of amides is 1. The van der Waals surface area contributed by atoms with Crippen LogP contribution >= 0.6 is 11.6 Å². The number of rotatable bonds is 5. The van der Waals surface area contributed by atoms with E-state index >= 15 is 0 Å². The zero-order valence-corrected chi connectivity index (χ0v) is 12.9. The molecule has 0 aliphatic rings. The second-order valence-electron chi connectivity index (χ2n) is 4.90. The molecule has 1 heterocycles. The molecule has 23 heavy (non-hydrogen) atoms. The molecule has 0 unspecified atom stereocenters. The van der Waals surface area contributed by atoms with Crippen LogP contribution in [0.2, 0.25) is 5.02 Å². The Balaban J connectivity index is 1.52. The number of carbonyl (C=O) groups is 1. The highest BCUT2D eigenvalue weighted by Gasteiger charge is 2.05. The maximum atomic E-state index is 11.8. The number of nitrogens with one attached hydrogen (secondary N) is 1. The molecule has 6 nitrogen and oxygen atoms in total. The minimum atomic E-state index is -0.185. The highest BCUT2D eigenvalue weighted by atomic mass is 35.5. The van der Waals surface area contributed by atoms with Crippen LogP contribution in [0.15, 0.2) is 53.6 Å². The summed E-state index contributed by atoms with van der Waals surface area (Å²) < 4.78 is 1.71. The van der Waals surface area contributed by atoms with Crippen molar-refractivity contribution in [2.75, 3.05) is 0 Å². The molecule has 0 radical (unpaired) electrons. The number of aryl methyl sites for hydroxylation is 1. The normalized spacial score (nSPS) is 11.2. The summed E-state index contributed by atoms with van der Waals surface area (Å²) in [6, 6.07) is 14.8. The Labute approximate surface area is 137 Å². The molecule has 0 bridgehead atoms. The first-order valence-electron chi connectivity index (χ1n) is 7.08. The number of hydrogen-bond acceptors (Lipinski definition) is 4. The predicted molar refractivity (Wildman–Crippen MR) is 89.3 cm³/mol. The van der Waals surface area contributed by atoms with Crippen LogP contribution in [0, 0.1) is 0 Å². The van der Waals surface area contributed by atoms with Gasteiger partial charge in [0.05, 0.1) is 18.3 Å². The molecule has 3 aromatic rings. The molecule has 0 atom stereocenters. The maximum absolute atomic E-state index is 11.8. The lowest BCUT2D eigenvalue weighted by Gasteiger charge is -2.01. The highest BCUT2D eigenvalue weighted by Crippen LogP contribution is 2.10. The molecule has 0 saturated heterocycles. The summed E-state index contributed by atoms with van der Waals surface area (Å²) in [5, 5.41) is 12.7. The third-order valence-corrected chi connectivity index (χ3v) is 3.50. The number of benzene rings is 2. The van der Waals surface area contributed by atoms with E-state index in [0.717, 1.165) is 16.6 Å². The van der Waals surface area contributed by atoms with Crippen molar-refractivity contribution in [1.29, 1.82) is 0 Å². The predicted octanol–water partition coefficient (Wildman–Crippen LogP) is 2.63. The van der Waals surface area contributed by atoms with Crippen molar-refractivity contribution < 1.29 is 4.79 Å². The van der Waals surface area contributed by atoms with Crippen molar-refractivity contribution in [3.8, 4) is 0 Å². The number of nitrogens with zero attached hydrogens (tertiary/aromatic N) is 4. The van der Waals surface area contributed by atoms with E-state index in [0.29, 0.717) is 11.6 Å². The number of hydrazone groups is 1. The van der Waals surface area contributed by atoms with Crippen molar-refractivity contribution in [2.24, 2.45) is 5.10 Å². The molecule has 1 aromatic heterocycles. The van der Waals surface area contributed by atoms with Crippen LogP contribution in [0.1, 0.15) is 12.0 Å². The van der Waals surface area contributed by atoms with Gasteiger partial charge in [0.1, 0.15) is 5.52 Å². The average Bonchev–Trinajstić information content (AvgIpc) is 2.98. The Kier molecular flexibility index (Phi) is 4.63. The number of para-hydroxylation sites is 1. The fourth-order valence-electron chi connectivity index (χ4n) is 2.07. The summed E-state index contributed by atoms with van der Waals surface area (Å²) in [6.07, 6.45) is 1.84. The van der Waals surface area contributed by atoms with Crippen molar-refractivity contribution in [2.45, 2.75) is 13.0 Å². The molecule has 1 N–H and O–H groups in total. The maximum Gasteiger partial charge on any atom is 0.241 e. The molecule has 0 fully saturated rings. The van der Waals surface area contributed by atoms with Gasteiger partial charge in [-0.05, 0) is 29.8 Å². The topological polar surface area (TPSA) is 72.2 Å². The molecule has 7 heteroatoms. The Morgan fingerprint density at radius 2 is 2.00 bits per heavy atom. The summed E-state index contributed by atoms with van der Waals surface area (Å²) in [5.74, 6) is -0.185. The van der Waals surface area contributed by atoms with Crippen molar-refractivity contribution in [3.05, 3.63) is 59.1 Å². The Morgan fingerprint density at radius 3 is 2.83 bits per heavy atom. The van der Waals surface area contributed by atoms with Crippen LogP contribution in [0.4, 0.5) is 0 Å². The SMILES string of the molecule is O=C(CCn1nnc2ccccc21)N/N=C/c1ccc(Cl)cc1. The van der Waals surface area contributed by atoms with E-state index in [1.165, 1.54) is 0 Å². The largest absolute Gasteiger partial charge is 0.273 e. The van der Waals surface area contributed by atoms with E-state index < -0.39 is 0 Å². The van der Waals surface area contributed by atoms with E-state index in [2.05, 4.69) is 20.8 Å². The van der Waals surface area contributed by atoms with Gasteiger partial charge < -0.3 is 0 Å². The fraction of sp³-hybridized carbons (Fsp3) is 0.125. The smallest absolute Gasteiger partial charge is 0.241 e. The first kappa shape index (κ1) is 15.2. The zero-order chi connectivity index (χ0) is 16.1. The molecule has 3 rings (SSSR count). The lowest BCUT2D eigenvalue weighted by atomic mass is 10.2. The highest BCUT2D eigenvalue weighted by molar-refractivity contribution is 6.30. The number of hydrogen-bond donors (Lipinski definition) is 1. The number of fused-ring (bicyclic) bond motifs is 1. The minimum absolute atomic E-state index is 0.185. The van der Waals surface area contributed by atoms with Crippen molar-refractivity contribution >= 4 is 34.8 Å². The van der Waals surface area contributed by atoms with Gasteiger partial charge in [0, 0.05) is 11.4 Å². The van der Waals surface area contributed by atoms with E-state index in [-0.39, 0.29) is 12.3 Å². The minimum Gasteiger partial charge on any atom is -0.273 e. The molecule has 2 aromatic carbocycles. The van der Waals surface area contributed by atoms with Gasteiger partial charge in [-0.25, -0.2) is 10.1 Å². The van der Waals surface area contributed by atoms with Crippen molar-refractivity contribution in [3.63, 3.8) is 0 Å². The van der Waals surface area contributed by atoms with Gasteiger partial charge in [-0.15, -0.1) is 5.10 Å². The molecule has 1 amide bonds. The van der Waals surface area contributed by atoms with E-state index in [9.17, 15) is 4.79 Å². The second kappa shape index (κ2) is 7.02. The molecular formula is C16H14ClN5O. The van der Waals surface area contributed by atoms with Gasteiger partial charge in [-0.3, -0.25) is 4.79 Å². The van der Waals surface area contributed by atoms with E-state index in [1.807, 2.05) is 36.4 Å². The summed E-state index contributed by atoms with van der Waals surface area (Å²) in [7, 11) is 0. The average molecular weight is 328 g/mol. The fourth-order valence-corrected chi connectivity index (χ4v) is 2.20. The summed E-state index contributed by atoms with van der Waals surface area (Å²) in [6.45, 7) is 0.447. The monoisotopic (exact) mass is 327 g/mol. The van der Waals surface area contributed by atoms with Gasteiger partial charge in [0.15, 0.2) is 0 Å². The molecule has 116 valence electrons. The summed E-state index contributed by atoms with van der Waals surface area (Å²) in [4.78, 5) is 11.8. The lowest BCUT2D eigenvalue weighted by Crippen LogP contribution is -2.19. The number of carbonyl (C=O) groups excluding carboxylic acids is 1. The molecule has 0 saturated carbocycles. The standard InChI is InChI=1S/C16H14ClN5O/c17-13-7-5-12(6-8-13)11-18-20-16(23)9-10-22-15-4-2-1-3-14(15)19-21-22/h1-8,11H,9-10H2,(H,20,23)/b18-11+. The lowest BCUT2D eigenvalue weighted by molar-refractivity contribution is -0.121. The third kappa shape index (κ3) is 3.92. The van der Waals surface area contributed by atoms with Crippen LogP contribution in [-0.4, -0.2) is 27.1 Å². The molecule has 0 spiro atoms. The van der Waals surface area contributed by atoms with Crippen LogP contribution < -0.4 is 5.43 Å². The summed E-state index contributed by atoms with van der Waals surface area (Å²) >= 11 is 5.80. The summed E-state index contributed by atoms with van der Waals surface area (Å²) in [5.41, 5.74) is 5.07.